The second-order valence-electron chi connectivity index (χ2n) is 7.41. The fraction of sp³-hybridized carbons (Fsp3) is 0.318. The second kappa shape index (κ2) is 9.30. The quantitative estimate of drug-likeness (QED) is 0.292. The van der Waals surface area contributed by atoms with Crippen LogP contribution in [0.5, 0.6) is 17.2 Å². The molecule has 3 rings (SSSR count). The number of anilines is 1. The molecule has 1 saturated carbocycles. The van der Waals surface area contributed by atoms with Gasteiger partial charge in [0.15, 0.2) is 17.2 Å². The molecule has 0 unspecified atom stereocenters. The minimum atomic E-state index is -0.696. The van der Waals surface area contributed by atoms with Crippen molar-refractivity contribution in [2.75, 3.05) is 5.32 Å². The normalized spacial score (nSPS) is 14.9. The smallest absolute Gasteiger partial charge is 0.271 e. The van der Waals surface area contributed by atoms with Crippen molar-refractivity contribution in [1.29, 1.82) is 0 Å². The van der Waals surface area contributed by atoms with E-state index in [0.717, 1.165) is 37.8 Å². The van der Waals surface area contributed by atoms with Gasteiger partial charge in [0.25, 0.3) is 5.91 Å². The molecule has 8 nitrogen and oxygen atoms in total. The number of benzene rings is 2. The molecule has 1 fully saturated rings. The summed E-state index contributed by atoms with van der Waals surface area (Å²) in [6, 6.07) is 9.23. The van der Waals surface area contributed by atoms with E-state index < -0.39 is 23.2 Å². The largest absolute Gasteiger partial charge is 0.504 e. The molecule has 1 aliphatic carbocycles. The average molecular weight is 411 g/mol. The van der Waals surface area contributed by atoms with Crippen LogP contribution in [-0.4, -0.2) is 32.8 Å². The Morgan fingerprint density at radius 3 is 2.30 bits per heavy atom. The van der Waals surface area contributed by atoms with Gasteiger partial charge in [-0.1, -0.05) is 31.4 Å². The van der Waals surface area contributed by atoms with Gasteiger partial charge in [0.1, 0.15) is 0 Å². The van der Waals surface area contributed by atoms with Crippen LogP contribution in [0, 0.1) is 5.92 Å². The van der Waals surface area contributed by atoms with Crippen molar-refractivity contribution in [3.8, 4) is 17.2 Å². The Hall–Kier alpha value is -3.55. The van der Waals surface area contributed by atoms with Crippen LogP contribution in [0.25, 0.3) is 0 Å². The van der Waals surface area contributed by atoms with Crippen molar-refractivity contribution in [2.45, 2.75) is 39.0 Å². The summed E-state index contributed by atoms with van der Waals surface area (Å²) in [5.41, 5.74) is 4.16. The Labute approximate surface area is 174 Å². The number of aromatic hydroxyl groups is 3. The van der Waals surface area contributed by atoms with E-state index in [4.69, 9.17) is 0 Å². The fourth-order valence-corrected chi connectivity index (χ4v) is 3.43. The summed E-state index contributed by atoms with van der Waals surface area (Å²) in [6.07, 6.45) is 5.19. The van der Waals surface area contributed by atoms with Crippen LogP contribution in [-0.2, 0) is 4.79 Å². The van der Waals surface area contributed by atoms with E-state index in [9.17, 15) is 24.9 Å². The number of phenols is 3. The maximum absolute atomic E-state index is 12.4. The lowest BCUT2D eigenvalue weighted by atomic mass is 9.88. The van der Waals surface area contributed by atoms with Gasteiger partial charge in [-0.2, -0.15) is 5.10 Å². The molecule has 0 saturated heterocycles. The van der Waals surface area contributed by atoms with Crippen molar-refractivity contribution >= 4 is 23.2 Å². The number of rotatable bonds is 5. The van der Waals surface area contributed by atoms with E-state index in [-0.39, 0.29) is 17.4 Å². The zero-order valence-corrected chi connectivity index (χ0v) is 16.7. The van der Waals surface area contributed by atoms with Crippen LogP contribution in [0.15, 0.2) is 41.5 Å². The molecule has 0 radical (unpaired) electrons. The van der Waals surface area contributed by atoms with E-state index in [0.29, 0.717) is 17.0 Å². The van der Waals surface area contributed by atoms with Crippen LogP contribution in [0.2, 0.25) is 0 Å². The predicted octanol–water partition coefficient (Wildman–Crippen LogP) is 3.48. The first-order chi connectivity index (χ1) is 14.3. The molecule has 5 N–H and O–H groups in total. The maximum atomic E-state index is 12.4. The van der Waals surface area contributed by atoms with Crippen molar-refractivity contribution in [3.05, 3.63) is 47.5 Å². The molecule has 0 aromatic heterocycles. The molecule has 1 aliphatic rings. The van der Waals surface area contributed by atoms with Gasteiger partial charge < -0.3 is 20.6 Å². The van der Waals surface area contributed by atoms with Gasteiger partial charge in [0.2, 0.25) is 5.91 Å². The van der Waals surface area contributed by atoms with Crippen LogP contribution in [0.4, 0.5) is 5.69 Å². The highest BCUT2D eigenvalue weighted by Crippen LogP contribution is 2.35. The summed E-state index contributed by atoms with van der Waals surface area (Å²) in [5.74, 6) is -2.50. The van der Waals surface area contributed by atoms with Gasteiger partial charge >= 0.3 is 0 Å². The molecule has 0 bridgehead atoms. The van der Waals surface area contributed by atoms with E-state index in [1.54, 1.807) is 31.2 Å². The van der Waals surface area contributed by atoms with E-state index >= 15 is 0 Å². The highest BCUT2D eigenvalue weighted by Gasteiger charge is 2.21. The third kappa shape index (κ3) is 5.08. The second-order valence-corrected chi connectivity index (χ2v) is 7.41. The Morgan fingerprint density at radius 1 is 0.967 bits per heavy atom. The Bertz CT molecular complexity index is 957. The van der Waals surface area contributed by atoms with Crippen molar-refractivity contribution < 1.29 is 24.9 Å². The third-order valence-corrected chi connectivity index (χ3v) is 5.18. The lowest BCUT2D eigenvalue weighted by molar-refractivity contribution is -0.120. The van der Waals surface area contributed by atoms with Crippen molar-refractivity contribution in [2.24, 2.45) is 11.0 Å². The molecular formula is C22H25N3O5. The summed E-state index contributed by atoms with van der Waals surface area (Å²) in [5, 5.41) is 35.4. The molecule has 2 amide bonds. The topological polar surface area (TPSA) is 131 Å². The van der Waals surface area contributed by atoms with Gasteiger partial charge in [-0.05, 0) is 49.6 Å². The molecule has 2 aromatic rings. The van der Waals surface area contributed by atoms with Crippen LogP contribution >= 0.6 is 0 Å². The number of nitrogens with one attached hydrogen (secondary N) is 2. The summed E-state index contributed by atoms with van der Waals surface area (Å²) >= 11 is 0. The number of hydrogen-bond acceptors (Lipinski definition) is 6. The first kappa shape index (κ1) is 21.2. The number of hydrazone groups is 1. The molecule has 8 heteroatoms. The molecular weight excluding hydrogens is 386 g/mol. The molecule has 0 aliphatic heterocycles. The predicted molar refractivity (Wildman–Crippen MR) is 113 cm³/mol. The SMILES string of the molecule is C/C(=N/NC(=O)c1cc(O)c(O)c(O)c1)c1cccc(NC(=O)C2CCCCC2)c1. The van der Waals surface area contributed by atoms with Crippen LogP contribution in [0.3, 0.4) is 0 Å². The van der Waals surface area contributed by atoms with Gasteiger partial charge in [-0.15, -0.1) is 0 Å². The lowest BCUT2D eigenvalue weighted by Crippen LogP contribution is -2.24. The molecule has 0 atom stereocenters. The molecule has 2 aromatic carbocycles. The first-order valence-electron chi connectivity index (χ1n) is 9.86. The summed E-state index contributed by atoms with van der Waals surface area (Å²) in [4.78, 5) is 24.6. The Balaban J connectivity index is 1.66. The fourth-order valence-electron chi connectivity index (χ4n) is 3.43. The van der Waals surface area contributed by atoms with Gasteiger partial charge in [0, 0.05) is 17.2 Å². The van der Waals surface area contributed by atoms with Crippen molar-refractivity contribution in [3.63, 3.8) is 0 Å². The van der Waals surface area contributed by atoms with E-state index in [1.165, 1.54) is 6.42 Å². The lowest BCUT2D eigenvalue weighted by Gasteiger charge is -2.20. The average Bonchev–Trinajstić information content (AvgIpc) is 2.76. The van der Waals surface area contributed by atoms with Gasteiger partial charge in [-0.3, -0.25) is 9.59 Å². The number of phenolic OH excluding ortho intramolecular Hbond substituents is 3. The highest BCUT2D eigenvalue weighted by atomic mass is 16.3. The standard InChI is InChI=1S/C22H25N3O5/c1-13(24-25-22(30)16-11-18(26)20(28)19(27)12-16)15-8-5-9-17(10-15)23-21(29)14-6-3-2-4-7-14/h5,8-12,14,26-28H,2-4,6-7H2,1H3,(H,23,29)(H,25,30)/b24-13-. The molecule has 30 heavy (non-hydrogen) atoms. The molecule has 158 valence electrons. The summed E-state index contributed by atoms with van der Waals surface area (Å²) in [7, 11) is 0. The number of amides is 2. The van der Waals surface area contributed by atoms with Gasteiger partial charge in [0.05, 0.1) is 5.71 Å². The van der Waals surface area contributed by atoms with Gasteiger partial charge in [-0.25, -0.2) is 5.43 Å². The van der Waals surface area contributed by atoms with E-state index in [2.05, 4.69) is 15.8 Å². The summed E-state index contributed by atoms with van der Waals surface area (Å²) < 4.78 is 0. The summed E-state index contributed by atoms with van der Waals surface area (Å²) in [6.45, 7) is 1.70. The molecule has 0 heterocycles. The monoisotopic (exact) mass is 411 g/mol. The number of hydrogen-bond donors (Lipinski definition) is 5. The van der Waals surface area contributed by atoms with E-state index in [1.807, 2.05) is 0 Å². The zero-order chi connectivity index (χ0) is 21.7. The Morgan fingerprint density at radius 2 is 1.63 bits per heavy atom. The number of carbonyl (C=O) groups excluding carboxylic acids is 2. The third-order valence-electron chi connectivity index (χ3n) is 5.18. The molecule has 0 spiro atoms. The minimum Gasteiger partial charge on any atom is -0.504 e. The highest BCUT2D eigenvalue weighted by molar-refractivity contribution is 6.02. The minimum absolute atomic E-state index is 0.0293. The maximum Gasteiger partial charge on any atom is 0.271 e. The number of nitrogens with zero attached hydrogens (tertiary/aromatic N) is 1. The van der Waals surface area contributed by atoms with Crippen LogP contribution < -0.4 is 10.7 Å². The van der Waals surface area contributed by atoms with Crippen LogP contribution in [0.1, 0.15) is 54.9 Å². The zero-order valence-electron chi connectivity index (χ0n) is 16.7. The Kier molecular flexibility index (Phi) is 6.56. The first-order valence-corrected chi connectivity index (χ1v) is 9.86. The van der Waals surface area contributed by atoms with Crippen molar-refractivity contribution in [1.82, 2.24) is 5.43 Å². The number of carbonyl (C=O) groups is 2.